The Labute approximate surface area is 63.8 Å². The number of aromatic nitrogens is 3. The number of hydrogen-bond donors (Lipinski definition) is 0. The molecule has 0 radical (unpaired) electrons. The van der Waals surface area contributed by atoms with E-state index in [9.17, 15) is 0 Å². The summed E-state index contributed by atoms with van der Waals surface area (Å²) in [4.78, 5) is 0. The molecular weight excluding hydrogens is 146 g/mol. The van der Waals surface area contributed by atoms with E-state index in [0.29, 0.717) is 5.25 Å². The van der Waals surface area contributed by atoms with Crippen LogP contribution in [0.15, 0.2) is 11.5 Å². The fraction of sp³-hybridized carbons (Fsp3) is 0.667. The van der Waals surface area contributed by atoms with Gasteiger partial charge in [-0.15, -0.1) is 10.2 Å². The Morgan fingerprint density at radius 2 is 2.70 bits per heavy atom. The smallest absolute Gasteiger partial charge is 0.191 e. The summed E-state index contributed by atoms with van der Waals surface area (Å²) in [5.74, 6) is 0. The van der Waals surface area contributed by atoms with E-state index >= 15 is 0 Å². The molecule has 0 fully saturated rings. The summed E-state index contributed by atoms with van der Waals surface area (Å²) in [6.45, 7) is 3.30. The summed E-state index contributed by atoms with van der Waals surface area (Å²) in [7, 11) is 0. The second-order valence-corrected chi connectivity index (χ2v) is 3.93. The van der Waals surface area contributed by atoms with E-state index in [2.05, 4.69) is 21.7 Å². The third-order valence-electron chi connectivity index (χ3n) is 1.66. The highest BCUT2D eigenvalue weighted by atomic mass is 32.2. The average Bonchev–Trinajstić information content (AvgIpc) is 2.33. The van der Waals surface area contributed by atoms with E-state index in [-0.39, 0.29) is 0 Å². The molecule has 10 heavy (non-hydrogen) atoms. The minimum absolute atomic E-state index is 0.705. The van der Waals surface area contributed by atoms with Gasteiger partial charge in [-0.05, 0) is 6.42 Å². The predicted octanol–water partition coefficient (Wildman–Crippen LogP) is 1.16. The second-order valence-electron chi connectivity index (χ2n) is 2.52. The van der Waals surface area contributed by atoms with Crippen molar-refractivity contribution in [3.05, 3.63) is 6.33 Å². The monoisotopic (exact) mass is 155 g/mol. The van der Waals surface area contributed by atoms with E-state index in [0.717, 1.165) is 11.7 Å². The van der Waals surface area contributed by atoms with Crippen molar-refractivity contribution in [3.63, 3.8) is 0 Å². The largest absolute Gasteiger partial charge is 0.309 e. The molecule has 1 atom stereocenters. The molecule has 1 aromatic heterocycles. The van der Waals surface area contributed by atoms with Crippen molar-refractivity contribution < 1.29 is 0 Å². The van der Waals surface area contributed by atoms with Crippen LogP contribution in [0.1, 0.15) is 13.3 Å². The van der Waals surface area contributed by atoms with Crippen LogP contribution in [-0.4, -0.2) is 20.0 Å². The number of nitrogens with zero attached hydrogens (tertiary/aromatic N) is 3. The zero-order valence-corrected chi connectivity index (χ0v) is 6.64. The molecule has 0 amide bonds. The summed E-state index contributed by atoms with van der Waals surface area (Å²) in [6, 6.07) is 0. The lowest BCUT2D eigenvalue weighted by Gasteiger charge is -2.17. The lowest BCUT2D eigenvalue weighted by molar-refractivity contribution is 0.570. The van der Waals surface area contributed by atoms with Crippen LogP contribution in [0.4, 0.5) is 0 Å². The molecule has 0 aliphatic carbocycles. The molecule has 0 N–H and O–H groups in total. The molecule has 0 saturated heterocycles. The summed E-state index contributed by atoms with van der Waals surface area (Å²) >= 11 is 1.81. The lowest BCUT2D eigenvalue weighted by Crippen LogP contribution is -2.12. The van der Waals surface area contributed by atoms with E-state index in [4.69, 9.17) is 0 Å². The molecule has 3 nitrogen and oxygen atoms in total. The third kappa shape index (κ3) is 0.923. The van der Waals surface area contributed by atoms with E-state index in [1.54, 1.807) is 6.33 Å². The van der Waals surface area contributed by atoms with Gasteiger partial charge in [0.1, 0.15) is 6.33 Å². The van der Waals surface area contributed by atoms with Crippen LogP contribution in [0.3, 0.4) is 0 Å². The molecule has 2 heterocycles. The normalized spacial score (nSPS) is 24.3. The summed E-state index contributed by atoms with van der Waals surface area (Å²) in [5, 5.41) is 9.59. The number of thioether (sulfide) groups is 1. The van der Waals surface area contributed by atoms with E-state index in [1.807, 2.05) is 11.8 Å². The highest BCUT2D eigenvalue weighted by Crippen LogP contribution is 2.27. The topological polar surface area (TPSA) is 30.7 Å². The number of aryl methyl sites for hydroxylation is 1. The summed E-state index contributed by atoms with van der Waals surface area (Å²) in [5.41, 5.74) is 0. The van der Waals surface area contributed by atoms with Gasteiger partial charge in [-0.25, -0.2) is 0 Å². The molecule has 1 aromatic rings. The van der Waals surface area contributed by atoms with Gasteiger partial charge < -0.3 is 4.57 Å². The maximum absolute atomic E-state index is 3.98. The van der Waals surface area contributed by atoms with Crippen LogP contribution < -0.4 is 0 Å². The van der Waals surface area contributed by atoms with Crippen molar-refractivity contribution in [1.29, 1.82) is 0 Å². The fourth-order valence-corrected chi connectivity index (χ4v) is 2.00. The summed E-state index contributed by atoms with van der Waals surface area (Å²) < 4.78 is 2.10. The van der Waals surface area contributed by atoms with Crippen molar-refractivity contribution in [2.45, 2.75) is 30.3 Å². The van der Waals surface area contributed by atoms with Gasteiger partial charge in [-0.1, -0.05) is 18.7 Å². The van der Waals surface area contributed by atoms with Gasteiger partial charge in [0.2, 0.25) is 0 Å². The first-order valence-electron chi connectivity index (χ1n) is 3.41. The van der Waals surface area contributed by atoms with Crippen LogP contribution >= 0.6 is 11.8 Å². The van der Waals surface area contributed by atoms with Gasteiger partial charge in [-0.2, -0.15) is 0 Å². The van der Waals surface area contributed by atoms with Crippen LogP contribution in [0.2, 0.25) is 0 Å². The number of fused-ring (bicyclic) bond motifs is 1. The molecule has 1 aliphatic rings. The molecule has 0 saturated carbocycles. The maximum Gasteiger partial charge on any atom is 0.191 e. The molecule has 1 aliphatic heterocycles. The SMILES string of the molecule is C[C@@H]1CCn2cnnc2S1. The first-order valence-corrected chi connectivity index (χ1v) is 4.28. The molecule has 0 aromatic carbocycles. The van der Waals surface area contributed by atoms with Crippen LogP contribution in [0.25, 0.3) is 0 Å². The second kappa shape index (κ2) is 2.27. The molecule has 4 heteroatoms. The van der Waals surface area contributed by atoms with Crippen LogP contribution in [0.5, 0.6) is 0 Å². The Hall–Kier alpha value is -0.510. The van der Waals surface area contributed by atoms with Gasteiger partial charge in [0.25, 0.3) is 0 Å². The first kappa shape index (κ1) is 6.22. The van der Waals surface area contributed by atoms with Crippen molar-refractivity contribution in [2.75, 3.05) is 0 Å². The molecule has 0 spiro atoms. The Balaban J connectivity index is 2.30. The first-order chi connectivity index (χ1) is 4.86. The lowest BCUT2D eigenvalue weighted by atomic mass is 10.3. The van der Waals surface area contributed by atoms with Crippen molar-refractivity contribution >= 4 is 11.8 Å². The molecule has 0 unspecified atom stereocenters. The van der Waals surface area contributed by atoms with Crippen molar-refractivity contribution in [2.24, 2.45) is 0 Å². The van der Waals surface area contributed by atoms with Crippen LogP contribution in [-0.2, 0) is 6.54 Å². The highest BCUT2D eigenvalue weighted by molar-refractivity contribution is 7.99. The van der Waals surface area contributed by atoms with Gasteiger partial charge in [0, 0.05) is 11.8 Å². The Bertz CT molecular complexity index is 233. The van der Waals surface area contributed by atoms with Crippen molar-refractivity contribution in [1.82, 2.24) is 14.8 Å². The highest BCUT2D eigenvalue weighted by Gasteiger charge is 2.15. The third-order valence-corrected chi connectivity index (χ3v) is 2.83. The standard InChI is InChI=1S/C6H9N3S/c1-5-2-3-9-4-7-8-6(9)10-5/h4-5H,2-3H2,1H3/t5-/m1/s1. The van der Waals surface area contributed by atoms with Crippen molar-refractivity contribution in [3.8, 4) is 0 Å². The minimum Gasteiger partial charge on any atom is -0.309 e. The molecular formula is C6H9N3S. The van der Waals surface area contributed by atoms with Crippen LogP contribution in [0, 0.1) is 0 Å². The van der Waals surface area contributed by atoms with Gasteiger partial charge >= 0.3 is 0 Å². The Kier molecular flexibility index (Phi) is 1.41. The number of hydrogen-bond acceptors (Lipinski definition) is 3. The fourth-order valence-electron chi connectivity index (χ4n) is 1.05. The molecule has 0 bridgehead atoms. The predicted molar refractivity (Wildman–Crippen MR) is 40.0 cm³/mol. The van der Waals surface area contributed by atoms with E-state index in [1.165, 1.54) is 6.42 Å². The summed E-state index contributed by atoms with van der Waals surface area (Å²) in [6.07, 6.45) is 3.03. The minimum atomic E-state index is 0.705. The average molecular weight is 155 g/mol. The maximum atomic E-state index is 3.98. The molecule has 54 valence electrons. The number of rotatable bonds is 0. The van der Waals surface area contributed by atoms with E-state index < -0.39 is 0 Å². The zero-order valence-electron chi connectivity index (χ0n) is 5.82. The Morgan fingerprint density at radius 1 is 1.80 bits per heavy atom. The molecule has 2 rings (SSSR count). The van der Waals surface area contributed by atoms with Gasteiger partial charge in [-0.3, -0.25) is 0 Å². The quantitative estimate of drug-likeness (QED) is 0.563. The van der Waals surface area contributed by atoms with Gasteiger partial charge in [0.05, 0.1) is 0 Å². The zero-order chi connectivity index (χ0) is 6.97. The van der Waals surface area contributed by atoms with Gasteiger partial charge in [0.15, 0.2) is 5.16 Å². The Morgan fingerprint density at radius 3 is 3.60 bits per heavy atom.